The summed E-state index contributed by atoms with van der Waals surface area (Å²) in [4.78, 5) is 27.1. The summed E-state index contributed by atoms with van der Waals surface area (Å²) in [5, 5.41) is -0.259. The first kappa shape index (κ1) is 23.8. The van der Waals surface area contributed by atoms with Crippen molar-refractivity contribution in [2.75, 3.05) is 0 Å². The van der Waals surface area contributed by atoms with Gasteiger partial charge in [-0.2, -0.15) is 0 Å². The largest absolute Gasteiger partial charge is 0.487 e. The standard InChI is InChI=1S/C26H21Br2NO3S/c1-16-7-9-18(10-8-16)15-32-24-21(27)11-19(12-22(24)28)13-23-25(30)29(26(31)33-23)14-20-6-4-3-5-17(20)2/h3-13H,14-15H2,1-2H3/b23-13-. The Morgan fingerprint density at radius 2 is 1.64 bits per heavy atom. The first-order valence-corrected chi connectivity index (χ1v) is 12.7. The maximum absolute atomic E-state index is 12.9. The molecular weight excluding hydrogens is 566 g/mol. The molecule has 4 nitrogen and oxygen atoms in total. The van der Waals surface area contributed by atoms with Crippen molar-refractivity contribution >= 4 is 60.8 Å². The summed E-state index contributed by atoms with van der Waals surface area (Å²) in [6.07, 6.45) is 1.74. The fraction of sp³-hybridized carbons (Fsp3) is 0.154. The van der Waals surface area contributed by atoms with Crippen LogP contribution < -0.4 is 4.74 Å². The van der Waals surface area contributed by atoms with Crippen LogP contribution >= 0.6 is 43.6 Å². The number of ether oxygens (including phenoxy) is 1. The van der Waals surface area contributed by atoms with Gasteiger partial charge in [-0.1, -0.05) is 54.1 Å². The third-order valence-electron chi connectivity index (χ3n) is 5.29. The van der Waals surface area contributed by atoms with Crippen molar-refractivity contribution in [3.63, 3.8) is 0 Å². The van der Waals surface area contributed by atoms with Gasteiger partial charge in [-0.3, -0.25) is 14.5 Å². The average Bonchev–Trinajstić information content (AvgIpc) is 3.03. The number of hydrogen-bond acceptors (Lipinski definition) is 4. The fourth-order valence-corrected chi connectivity index (χ4v) is 5.68. The quantitative estimate of drug-likeness (QED) is 0.278. The lowest BCUT2D eigenvalue weighted by Crippen LogP contribution is -2.27. The summed E-state index contributed by atoms with van der Waals surface area (Å²) in [5.41, 5.74) is 5.08. The van der Waals surface area contributed by atoms with Gasteiger partial charge in [-0.15, -0.1) is 0 Å². The van der Waals surface area contributed by atoms with Crippen LogP contribution in [-0.4, -0.2) is 16.0 Å². The molecule has 0 saturated carbocycles. The van der Waals surface area contributed by atoms with E-state index in [0.717, 1.165) is 43.0 Å². The Labute approximate surface area is 214 Å². The molecule has 0 atom stereocenters. The zero-order valence-electron chi connectivity index (χ0n) is 18.1. The molecule has 0 aliphatic carbocycles. The van der Waals surface area contributed by atoms with Gasteiger partial charge in [0.25, 0.3) is 11.1 Å². The van der Waals surface area contributed by atoms with Crippen LogP contribution in [0.4, 0.5) is 4.79 Å². The third-order valence-corrected chi connectivity index (χ3v) is 7.37. The Kier molecular flexibility index (Phi) is 7.41. The Hall–Kier alpha value is -2.35. The molecule has 3 aromatic rings. The van der Waals surface area contributed by atoms with E-state index in [1.807, 2.05) is 62.4 Å². The fourth-order valence-electron chi connectivity index (χ4n) is 3.39. The van der Waals surface area contributed by atoms with Crippen molar-refractivity contribution in [1.29, 1.82) is 0 Å². The Morgan fingerprint density at radius 3 is 2.30 bits per heavy atom. The lowest BCUT2D eigenvalue weighted by molar-refractivity contribution is -0.123. The van der Waals surface area contributed by atoms with E-state index in [-0.39, 0.29) is 17.7 Å². The predicted octanol–water partition coefficient (Wildman–Crippen LogP) is 7.64. The molecule has 1 aliphatic rings. The Bertz CT molecular complexity index is 1230. The maximum atomic E-state index is 12.9. The molecule has 1 aliphatic heterocycles. The number of hydrogen-bond donors (Lipinski definition) is 0. The van der Waals surface area contributed by atoms with Gasteiger partial charge in [-0.25, -0.2) is 0 Å². The van der Waals surface area contributed by atoms with E-state index in [1.165, 1.54) is 10.5 Å². The normalized spacial score (nSPS) is 14.9. The van der Waals surface area contributed by atoms with Gasteiger partial charge in [0, 0.05) is 0 Å². The summed E-state index contributed by atoms with van der Waals surface area (Å²) in [6.45, 7) is 4.73. The molecular formula is C26H21Br2NO3S. The number of benzene rings is 3. The molecule has 33 heavy (non-hydrogen) atoms. The monoisotopic (exact) mass is 585 g/mol. The van der Waals surface area contributed by atoms with Crippen molar-refractivity contribution in [1.82, 2.24) is 4.90 Å². The number of carbonyl (C=O) groups excluding carboxylic acids is 2. The molecule has 1 saturated heterocycles. The van der Waals surface area contributed by atoms with Gasteiger partial charge in [0.05, 0.1) is 20.4 Å². The van der Waals surface area contributed by atoms with E-state index in [4.69, 9.17) is 4.74 Å². The molecule has 7 heteroatoms. The number of rotatable bonds is 6. The van der Waals surface area contributed by atoms with E-state index in [0.29, 0.717) is 17.3 Å². The number of amides is 2. The first-order chi connectivity index (χ1) is 15.8. The molecule has 0 spiro atoms. The molecule has 168 valence electrons. The number of aryl methyl sites for hydroxylation is 2. The van der Waals surface area contributed by atoms with Crippen molar-refractivity contribution in [3.8, 4) is 5.75 Å². The minimum atomic E-state index is -0.278. The lowest BCUT2D eigenvalue weighted by atomic mass is 10.1. The molecule has 0 aromatic heterocycles. The summed E-state index contributed by atoms with van der Waals surface area (Å²) in [5.74, 6) is 0.403. The van der Waals surface area contributed by atoms with Gasteiger partial charge in [-0.05, 0) is 97.9 Å². The van der Waals surface area contributed by atoms with Crippen LogP contribution in [0.2, 0.25) is 0 Å². The predicted molar refractivity (Wildman–Crippen MR) is 140 cm³/mol. The highest BCUT2D eigenvalue weighted by Gasteiger charge is 2.35. The second-order valence-electron chi connectivity index (χ2n) is 7.78. The lowest BCUT2D eigenvalue weighted by Gasteiger charge is -2.14. The second-order valence-corrected chi connectivity index (χ2v) is 10.5. The minimum absolute atomic E-state index is 0.259. The maximum Gasteiger partial charge on any atom is 0.293 e. The van der Waals surface area contributed by atoms with E-state index >= 15 is 0 Å². The average molecular weight is 587 g/mol. The Morgan fingerprint density at radius 1 is 0.970 bits per heavy atom. The molecule has 0 N–H and O–H groups in total. The third kappa shape index (κ3) is 5.60. The van der Waals surface area contributed by atoms with E-state index in [2.05, 4.69) is 44.0 Å². The number of nitrogens with zero attached hydrogens (tertiary/aromatic N) is 1. The molecule has 1 heterocycles. The summed E-state index contributed by atoms with van der Waals surface area (Å²) in [6, 6.07) is 19.7. The zero-order valence-corrected chi connectivity index (χ0v) is 22.1. The smallest absolute Gasteiger partial charge is 0.293 e. The van der Waals surface area contributed by atoms with Crippen LogP contribution in [0.15, 0.2) is 74.5 Å². The van der Waals surface area contributed by atoms with Crippen LogP contribution in [-0.2, 0) is 17.9 Å². The number of halogens is 2. The molecule has 2 amide bonds. The van der Waals surface area contributed by atoms with E-state index < -0.39 is 0 Å². The summed E-state index contributed by atoms with van der Waals surface area (Å²) >= 11 is 8.10. The highest BCUT2D eigenvalue weighted by atomic mass is 79.9. The van der Waals surface area contributed by atoms with E-state index in [1.54, 1.807) is 6.08 Å². The van der Waals surface area contributed by atoms with Gasteiger partial charge < -0.3 is 4.74 Å². The highest BCUT2D eigenvalue weighted by Crippen LogP contribution is 2.38. The summed E-state index contributed by atoms with van der Waals surface area (Å²) in [7, 11) is 0. The minimum Gasteiger partial charge on any atom is -0.487 e. The van der Waals surface area contributed by atoms with Crippen LogP contribution in [0, 0.1) is 13.8 Å². The summed E-state index contributed by atoms with van der Waals surface area (Å²) < 4.78 is 7.52. The van der Waals surface area contributed by atoms with Gasteiger partial charge >= 0.3 is 0 Å². The van der Waals surface area contributed by atoms with E-state index in [9.17, 15) is 9.59 Å². The second kappa shape index (κ2) is 10.3. The van der Waals surface area contributed by atoms with Crippen LogP contribution in [0.3, 0.4) is 0 Å². The number of carbonyl (C=O) groups is 2. The van der Waals surface area contributed by atoms with Crippen LogP contribution in [0.5, 0.6) is 5.75 Å². The van der Waals surface area contributed by atoms with Gasteiger partial charge in [0.1, 0.15) is 12.4 Å². The molecule has 0 bridgehead atoms. The molecule has 0 unspecified atom stereocenters. The first-order valence-electron chi connectivity index (χ1n) is 10.3. The number of thioether (sulfide) groups is 1. The van der Waals surface area contributed by atoms with Gasteiger partial charge in [0.15, 0.2) is 0 Å². The SMILES string of the molecule is Cc1ccc(COc2c(Br)cc(/C=C3\SC(=O)N(Cc4ccccc4C)C3=O)cc2Br)cc1. The molecule has 1 fully saturated rings. The molecule has 3 aromatic carbocycles. The highest BCUT2D eigenvalue weighted by molar-refractivity contribution is 9.11. The zero-order chi connectivity index (χ0) is 23.5. The topological polar surface area (TPSA) is 46.6 Å². The van der Waals surface area contributed by atoms with Crippen LogP contribution in [0.25, 0.3) is 6.08 Å². The van der Waals surface area contributed by atoms with Crippen molar-refractivity contribution in [2.45, 2.75) is 27.0 Å². The van der Waals surface area contributed by atoms with Crippen molar-refractivity contribution in [2.24, 2.45) is 0 Å². The van der Waals surface area contributed by atoms with Crippen LogP contribution in [0.1, 0.15) is 27.8 Å². The van der Waals surface area contributed by atoms with Crippen molar-refractivity contribution < 1.29 is 14.3 Å². The molecule has 4 rings (SSSR count). The van der Waals surface area contributed by atoms with Crippen molar-refractivity contribution in [3.05, 3.63) is 102 Å². The van der Waals surface area contributed by atoms with Gasteiger partial charge in [0.2, 0.25) is 0 Å². The molecule has 0 radical (unpaired) electrons. The Balaban J connectivity index is 1.50. The number of imide groups is 1.